The summed E-state index contributed by atoms with van der Waals surface area (Å²) in [6.07, 6.45) is 0.756. The van der Waals surface area contributed by atoms with Crippen molar-refractivity contribution < 1.29 is 9.47 Å². The number of H-pyrrole nitrogens is 1. The Morgan fingerprint density at radius 3 is 2.80 bits per heavy atom. The fourth-order valence-corrected chi connectivity index (χ4v) is 2.73. The van der Waals surface area contributed by atoms with Gasteiger partial charge in [-0.15, -0.1) is 0 Å². The molecule has 1 unspecified atom stereocenters. The highest BCUT2D eigenvalue weighted by atomic mass is 16.7. The molecule has 0 bridgehead atoms. The molecule has 1 aromatic carbocycles. The molecule has 0 aliphatic carbocycles. The van der Waals surface area contributed by atoms with E-state index in [4.69, 9.17) is 9.47 Å². The van der Waals surface area contributed by atoms with Crippen molar-refractivity contribution in [1.82, 2.24) is 4.98 Å². The number of hydrogen-bond donors (Lipinski definition) is 1. The number of aromatic amines is 1. The van der Waals surface area contributed by atoms with E-state index in [0.717, 1.165) is 30.8 Å². The first-order valence-electron chi connectivity index (χ1n) is 7.28. The molecule has 2 heterocycles. The van der Waals surface area contributed by atoms with E-state index in [-0.39, 0.29) is 11.7 Å². The molecule has 108 valence electrons. The topological polar surface area (TPSA) is 34.2 Å². The highest BCUT2D eigenvalue weighted by molar-refractivity contribution is 5.85. The van der Waals surface area contributed by atoms with Crippen molar-refractivity contribution >= 4 is 10.9 Å². The minimum atomic E-state index is -0.274. The van der Waals surface area contributed by atoms with Gasteiger partial charge >= 0.3 is 0 Å². The Hall–Kier alpha value is -1.32. The van der Waals surface area contributed by atoms with Gasteiger partial charge in [-0.1, -0.05) is 25.5 Å². The van der Waals surface area contributed by atoms with Gasteiger partial charge in [0.25, 0.3) is 0 Å². The predicted octanol–water partition coefficient (Wildman–Crippen LogP) is 4.25. The number of rotatable bonds is 1. The van der Waals surface area contributed by atoms with E-state index in [9.17, 15) is 0 Å². The fourth-order valence-electron chi connectivity index (χ4n) is 2.73. The molecule has 2 aromatic rings. The molecule has 1 fully saturated rings. The molecule has 1 aliphatic heterocycles. The van der Waals surface area contributed by atoms with Crippen LogP contribution < -0.4 is 0 Å². The maximum Gasteiger partial charge on any atom is 0.199 e. The van der Waals surface area contributed by atoms with Crippen LogP contribution in [0.3, 0.4) is 0 Å². The van der Waals surface area contributed by atoms with E-state index < -0.39 is 0 Å². The largest absolute Gasteiger partial charge is 0.354 e. The van der Waals surface area contributed by atoms with Crippen molar-refractivity contribution in [1.29, 1.82) is 0 Å². The SMILES string of the molecule is Cc1ccc2[nH]c(C3OCCC(C)(C)CO3)c(C)c2c1. The summed E-state index contributed by atoms with van der Waals surface area (Å²) < 4.78 is 11.9. The molecule has 1 aromatic heterocycles. The zero-order chi connectivity index (χ0) is 14.3. The van der Waals surface area contributed by atoms with E-state index in [1.54, 1.807) is 0 Å². The molecular weight excluding hydrogens is 250 g/mol. The van der Waals surface area contributed by atoms with Gasteiger partial charge in [0.2, 0.25) is 0 Å². The van der Waals surface area contributed by atoms with E-state index in [1.807, 2.05) is 0 Å². The second-order valence-electron chi connectivity index (χ2n) is 6.64. The van der Waals surface area contributed by atoms with Crippen molar-refractivity contribution in [2.45, 2.75) is 40.4 Å². The molecular formula is C17H23NO2. The summed E-state index contributed by atoms with van der Waals surface area (Å²) in [5, 5.41) is 1.26. The van der Waals surface area contributed by atoms with Gasteiger partial charge < -0.3 is 14.5 Å². The molecule has 1 N–H and O–H groups in total. The van der Waals surface area contributed by atoms with Gasteiger partial charge in [0.05, 0.1) is 18.9 Å². The number of nitrogens with one attached hydrogen (secondary N) is 1. The predicted molar refractivity (Wildman–Crippen MR) is 80.8 cm³/mol. The summed E-state index contributed by atoms with van der Waals surface area (Å²) in [5.74, 6) is 0. The van der Waals surface area contributed by atoms with E-state index in [0.29, 0.717) is 0 Å². The van der Waals surface area contributed by atoms with Crippen LogP contribution in [0.1, 0.15) is 43.4 Å². The van der Waals surface area contributed by atoms with Gasteiger partial charge in [-0.3, -0.25) is 0 Å². The van der Waals surface area contributed by atoms with Crippen LogP contribution in [-0.2, 0) is 9.47 Å². The smallest absolute Gasteiger partial charge is 0.199 e. The van der Waals surface area contributed by atoms with E-state index >= 15 is 0 Å². The second kappa shape index (κ2) is 4.90. The summed E-state index contributed by atoms with van der Waals surface area (Å²) in [6, 6.07) is 6.47. The van der Waals surface area contributed by atoms with Crippen LogP contribution in [0.4, 0.5) is 0 Å². The third kappa shape index (κ3) is 2.48. The Labute approximate surface area is 120 Å². The molecule has 0 amide bonds. The van der Waals surface area contributed by atoms with Crippen molar-refractivity contribution in [2.75, 3.05) is 13.2 Å². The lowest BCUT2D eigenvalue weighted by atomic mass is 9.91. The normalized spacial score (nSPS) is 22.9. The second-order valence-corrected chi connectivity index (χ2v) is 6.64. The van der Waals surface area contributed by atoms with Gasteiger partial charge in [0.1, 0.15) is 0 Å². The van der Waals surface area contributed by atoms with Gasteiger partial charge in [0.15, 0.2) is 6.29 Å². The Balaban J connectivity index is 1.96. The van der Waals surface area contributed by atoms with Crippen LogP contribution in [-0.4, -0.2) is 18.2 Å². The molecule has 0 radical (unpaired) electrons. The molecule has 1 saturated heterocycles. The quantitative estimate of drug-likeness (QED) is 0.843. The van der Waals surface area contributed by atoms with E-state index in [1.165, 1.54) is 16.5 Å². The number of ether oxygens (including phenoxy) is 2. The Bertz CT molecular complexity index is 627. The molecule has 0 spiro atoms. The Morgan fingerprint density at radius 1 is 1.20 bits per heavy atom. The van der Waals surface area contributed by atoms with Crippen LogP contribution >= 0.6 is 0 Å². The Kier molecular flexibility index (Phi) is 3.35. The Morgan fingerprint density at radius 2 is 2.00 bits per heavy atom. The number of benzene rings is 1. The van der Waals surface area contributed by atoms with Crippen molar-refractivity contribution in [2.24, 2.45) is 5.41 Å². The van der Waals surface area contributed by atoms with Crippen LogP contribution in [0.5, 0.6) is 0 Å². The molecule has 0 saturated carbocycles. The highest BCUT2D eigenvalue weighted by Crippen LogP contribution is 2.34. The van der Waals surface area contributed by atoms with Crippen molar-refractivity contribution in [3.63, 3.8) is 0 Å². The van der Waals surface area contributed by atoms with Crippen LogP contribution in [0, 0.1) is 19.3 Å². The van der Waals surface area contributed by atoms with Gasteiger partial charge in [-0.2, -0.15) is 0 Å². The molecule has 3 rings (SSSR count). The lowest BCUT2D eigenvalue weighted by molar-refractivity contribution is -0.138. The lowest BCUT2D eigenvalue weighted by Crippen LogP contribution is -2.18. The summed E-state index contributed by atoms with van der Waals surface area (Å²) >= 11 is 0. The molecule has 3 nitrogen and oxygen atoms in total. The standard InChI is InChI=1S/C17H23NO2/c1-11-5-6-14-13(9-11)12(2)15(18-14)16-19-8-7-17(3,4)10-20-16/h5-6,9,16,18H,7-8,10H2,1-4H3. The molecule has 20 heavy (non-hydrogen) atoms. The first kappa shape index (κ1) is 13.7. The van der Waals surface area contributed by atoms with Gasteiger partial charge in [0, 0.05) is 10.9 Å². The zero-order valence-corrected chi connectivity index (χ0v) is 12.7. The minimum Gasteiger partial charge on any atom is -0.354 e. The van der Waals surface area contributed by atoms with Gasteiger partial charge in [-0.05, 0) is 43.4 Å². The summed E-state index contributed by atoms with van der Waals surface area (Å²) in [4.78, 5) is 3.47. The summed E-state index contributed by atoms with van der Waals surface area (Å²) in [5.41, 5.74) is 4.90. The highest BCUT2D eigenvalue weighted by Gasteiger charge is 2.28. The van der Waals surface area contributed by atoms with Crippen LogP contribution in [0.2, 0.25) is 0 Å². The lowest BCUT2D eigenvalue weighted by Gasteiger charge is -2.20. The average Bonchev–Trinajstić information content (AvgIpc) is 2.59. The molecule has 1 aliphatic rings. The zero-order valence-electron chi connectivity index (χ0n) is 12.7. The fraction of sp³-hybridized carbons (Fsp3) is 0.529. The first-order chi connectivity index (χ1) is 9.46. The van der Waals surface area contributed by atoms with E-state index in [2.05, 4.69) is 50.9 Å². The number of fused-ring (bicyclic) bond motifs is 1. The van der Waals surface area contributed by atoms with Crippen LogP contribution in [0.25, 0.3) is 10.9 Å². The average molecular weight is 273 g/mol. The summed E-state index contributed by atoms with van der Waals surface area (Å²) in [7, 11) is 0. The van der Waals surface area contributed by atoms with Crippen molar-refractivity contribution in [3.05, 3.63) is 35.0 Å². The monoisotopic (exact) mass is 273 g/mol. The third-order valence-corrected chi connectivity index (χ3v) is 4.16. The third-order valence-electron chi connectivity index (χ3n) is 4.16. The molecule has 3 heteroatoms. The maximum absolute atomic E-state index is 5.99. The first-order valence-corrected chi connectivity index (χ1v) is 7.28. The van der Waals surface area contributed by atoms with Gasteiger partial charge in [-0.25, -0.2) is 0 Å². The van der Waals surface area contributed by atoms with Crippen molar-refractivity contribution in [3.8, 4) is 0 Å². The number of aromatic nitrogens is 1. The summed E-state index contributed by atoms with van der Waals surface area (Å²) in [6.45, 7) is 10.2. The number of hydrogen-bond acceptors (Lipinski definition) is 2. The minimum absolute atomic E-state index is 0.186. The molecule has 1 atom stereocenters. The van der Waals surface area contributed by atoms with Crippen LogP contribution in [0.15, 0.2) is 18.2 Å². The number of aryl methyl sites for hydroxylation is 2. The maximum atomic E-state index is 5.99.